The van der Waals surface area contributed by atoms with Crippen LogP contribution in [0.1, 0.15) is 37.8 Å². The van der Waals surface area contributed by atoms with E-state index in [4.69, 9.17) is 4.74 Å². The van der Waals surface area contributed by atoms with Crippen LogP contribution in [0.3, 0.4) is 0 Å². The molecule has 17 heavy (non-hydrogen) atoms. The Labute approximate surface area is 113 Å². The normalized spacial score (nSPS) is 16.5. The Balaban J connectivity index is 2.06. The molecule has 1 aliphatic heterocycles. The van der Waals surface area contributed by atoms with Gasteiger partial charge in [-0.1, -0.05) is 48.0 Å². The van der Waals surface area contributed by atoms with E-state index in [1.165, 1.54) is 29.7 Å². The first-order chi connectivity index (χ1) is 8.18. The first kappa shape index (κ1) is 12.9. The van der Waals surface area contributed by atoms with Crippen molar-refractivity contribution in [2.45, 2.75) is 44.4 Å². The number of ether oxygens (including phenoxy) is 1. The summed E-state index contributed by atoms with van der Waals surface area (Å²) >= 11 is 3.75. The van der Waals surface area contributed by atoms with Gasteiger partial charge in [-0.15, -0.1) is 0 Å². The monoisotopic (exact) mass is 296 g/mol. The Morgan fingerprint density at radius 2 is 2.18 bits per heavy atom. The maximum Gasteiger partial charge on any atom is 0.125 e. The second-order valence-electron chi connectivity index (χ2n) is 5.16. The molecule has 0 aliphatic carbocycles. The van der Waals surface area contributed by atoms with Crippen LogP contribution in [-0.4, -0.2) is 11.4 Å². The minimum absolute atomic E-state index is 0.599. The summed E-state index contributed by atoms with van der Waals surface area (Å²) in [6, 6.07) is 6.58. The average molecular weight is 297 g/mol. The van der Waals surface area contributed by atoms with E-state index in [0.717, 1.165) is 19.4 Å². The molecule has 1 nitrogen and oxygen atoms in total. The van der Waals surface area contributed by atoms with E-state index in [0.29, 0.717) is 10.7 Å². The average Bonchev–Trinajstić information content (AvgIpc) is 2.35. The number of benzene rings is 1. The minimum Gasteiger partial charge on any atom is -0.493 e. The van der Waals surface area contributed by atoms with Gasteiger partial charge in [0.15, 0.2) is 0 Å². The third-order valence-corrected chi connectivity index (χ3v) is 4.94. The molecule has 1 aromatic carbocycles. The summed E-state index contributed by atoms with van der Waals surface area (Å²) in [5.74, 6) is 1.86. The van der Waals surface area contributed by atoms with Crippen LogP contribution in [0.5, 0.6) is 5.75 Å². The van der Waals surface area contributed by atoms with Crippen molar-refractivity contribution in [3.63, 3.8) is 0 Å². The molecule has 1 heterocycles. The lowest BCUT2D eigenvalue weighted by molar-refractivity contribution is 0.285. The van der Waals surface area contributed by atoms with Gasteiger partial charge in [-0.05, 0) is 42.7 Å². The van der Waals surface area contributed by atoms with Gasteiger partial charge in [0.2, 0.25) is 0 Å². The first-order valence-corrected chi connectivity index (χ1v) is 7.47. The van der Waals surface area contributed by atoms with Crippen LogP contribution in [0.4, 0.5) is 0 Å². The zero-order valence-electron chi connectivity index (χ0n) is 10.7. The molecule has 2 rings (SSSR count). The zero-order valence-corrected chi connectivity index (χ0v) is 12.3. The number of fused-ring (bicyclic) bond motifs is 1. The maximum absolute atomic E-state index is 5.83. The van der Waals surface area contributed by atoms with E-state index in [2.05, 4.69) is 48.0 Å². The molecular formula is C15H21BrO. The molecular weight excluding hydrogens is 276 g/mol. The molecule has 1 unspecified atom stereocenters. The van der Waals surface area contributed by atoms with E-state index in [1.807, 2.05) is 0 Å². The second-order valence-corrected chi connectivity index (χ2v) is 6.33. The zero-order chi connectivity index (χ0) is 12.3. The molecule has 0 fully saturated rings. The molecule has 1 aliphatic rings. The van der Waals surface area contributed by atoms with Crippen LogP contribution in [0.15, 0.2) is 18.2 Å². The highest BCUT2D eigenvalue weighted by Crippen LogP contribution is 2.31. The van der Waals surface area contributed by atoms with Crippen LogP contribution in [-0.2, 0) is 12.8 Å². The molecule has 1 atom stereocenters. The van der Waals surface area contributed by atoms with Crippen molar-refractivity contribution in [1.82, 2.24) is 0 Å². The van der Waals surface area contributed by atoms with Crippen molar-refractivity contribution in [2.24, 2.45) is 5.92 Å². The standard InChI is InChI=1S/C15H21BrO/c1-11(2)14(16)9-8-13-6-3-5-12-7-4-10-17-15(12)13/h3,5-6,11,14H,4,7-10H2,1-2H3. The second kappa shape index (κ2) is 5.90. The van der Waals surface area contributed by atoms with Crippen molar-refractivity contribution in [1.29, 1.82) is 0 Å². The largest absolute Gasteiger partial charge is 0.493 e. The van der Waals surface area contributed by atoms with E-state index in [1.54, 1.807) is 0 Å². The Kier molecular flexibility index (Phi) is 4.49. The minimum atomic E-state index is 0.599. The third kappa shape index (κ3) is 3.25. The fourth-order valence-corrected chi connectivity index (χ4v) is 2.51. The first-order valence-electron chi connectivity index (χ1n) is 6.56. The Bertz CT molecular complexity index is 373. The predicted octanol–water partition coefficient (Wildman–Crippen LogP) is 4.36. The number of hydrogen-bond donors (Lipinski definition) is 0. The quantitative estimate of drug-likeness (QED) is 0.750. The number of aryl methyl sites for hydroxylation is 2. The number of halogens is 1. The number of rotatable bonds is 4. The van der Waals surface area contributed by atoms with E-state index >= 15 is 0 Å². The summed E-state index contributed by atoms with van der Waals surface area (Å²) in [7, 11) is 0. The fourth-order valence-electron chi connectivity index (χ4n) is 2.28. The Morgan fingerprint density at radius 1 is 1.35 bits per heavy atom. The molecule has 94 valence electrons. The smallest absolute Gasteiger partial charge is 0.125 e. The summed E-state index contributed by atoms with van der Waals surface area (Å²) in [5, 5.41) is 0. The van der Waals surface area contributed by atoms with E-state index in [-0.39, 0.29) is 0 Å². The van der Waals surface area contributed by atoms with Crippen molar-refractivity contribution < 1.29 is 4.74 Å². The number of para-hydroxylation sites is 1. The molecule has 0 saturated carbocycles. The number of hydrogen-bond acceptors (Lipinski definition) is 1. The van der Waals surface area contributed by atoms with Gasteiger partial charge in [0, 0.05) is 4.83 Å². The predicted molar refractivity (Wildman–Crippen MR) is 76.1 cm³/mol. The maximum atomic E-state index is 5.83. The van der Waals surface area contributed by atoms with Crippen LogP contribution >= 0.6 is 15.9 Å². The lowest BCUT2D eigenvalue weighted by Gasteiger charge is -2.21. The van der Waals surface area contributed by atoms with E-state index in [9.17, 15) is 0 Å². The fraction of sp³-hybridized carbons (Fsp3) is 0.600. The third-order valence-electron chi connectivity index (χ3n) is 3.43. The van der Waals surface area contributed by atoms with Gasteiger partial charge in [0.05, 0.1) is 6.61 Å². The molecule has 0 aromatic heterocycles. The van der Waals surface area contributed by atoms with Crippen molar-refractivity contribution in [2.75, 3.05) is 6.61 Å². The molecule has 2 heteroatoms. The van der Waals surface area contributed by atoms with Gasteiger partial charge in [0.25, 0.3) is 0 Å². The molecule has 0 N–H and O–H groups in total. The molecule has 0 radical (unpaired) electrons. The summed E-state index contributed by atoms with van der Waals surface area (Å²) in [6.45, 7) is 5.40. The highest BCUT2D eigenvalue weighted by Gasteiger charge is 2.15. The van der Waals surface area contributed by atoms with Crippen LogP contribution in [0.2, 0.25) is 0 Å². The Hall–Kier alpha value is -0.500. The summed E-state index contributed by atoms with van der Waals surface area (Å²) in [5.41, 5.74) is 2.77. The SMILES string of the molecule is CC(C)C(Br)CCc1cccc2c1OCCC2. The van der Waals surface area contributed by atoms with Gasteiger partial charge in [0.1, 0.15) is 5.75 Å². The highest BCUT2D eigenvalue weighted by molar-refractivity contribution is 9.09. The summed E-state index contributed by atoms with van der Waals surface area (Å²) in [6.07, 6.45) is 4.61. The van der Waals surface area contributed by atoms with Crippen molar-refractivity contribution in [3.05, 3.63) is 29.3 Å². The van der Waals surface area contributed by atoms with Crippen molar-refractivity contribution in [3.8, 4) is 5.75 Å². The molecule has 0 saturated heterocycles. The molecule has 1 aromatic rings. The summed E-state index contributed by atoms with van der Waals surface area (Å²) < 4.78 is 5.83. The summed E-state index contributed by atoms with van der Waals surface area (Å²) in [4.78, 5) is 0.599. The topological polar surface area (TPSA) is 9.23 Å². The molecule has 0 spiro atoms. The lowest BCUT2D eigenvalue weighted by Crippen LogP contribution is -2.12. The van der Waals surface area contributed by atoms with Gasteiger partial charge in [-0.2, -0.15) is 0 Å². The molecule has 0 amide bonds. The van der Waals surface area contributed by atoms with Gasteiger partial charge in [-0.25, -0.2) is 0 Å². The molecule has 0 bridgehead atoms. The van der Waals surface area contributed by atoms with Gasteiger partial charge < -0.3 is 4.74 Å². The van der Waals surface area contributed by atoms with Crippen LogP contribution in [0.25, 0.3) is 0 Å². The van der Waals surface area contributed by atoms with Gasteiger partial charge in [-0.3, -0.25) is 0 Å². The van der Waals surface area contributed by atoms with Crippen LogP contribution < -0.4 is 4.74 Å². The van der Waals surface area contributed by atoms with Crippen LogP contribution in [0, 0.1) is 5.92 Å². The van der Waals surface area contributed by atoms with E-state index < -0.39 is 0 Å². The lowest BCUT2D eigenvalue weighted by atomic mass is 9.97. The number of alkyl halides is 1. The Morgan fingerprint density at radius 3 is 2.94 bits per heavy atom. The highest BCUT2D eigenvalue weighted by atomic mass is 79.9. The van der Waals surface area contributed by atoms with Gasteiger partial charge >= 0.3 is 0 Å². The van der Waals surface area contributed by atoms with Crippen molar-refractivity contribution >= 4 is 15.9 Å².